The Bertz CT molecular complexity index is 595. The number of methoxy groups -OCH3 is 3. The quantitative estimate of drug-likeness (QED) is 0.554. The molecule has 144 valence electrons. The third-order valence-electron chi connectivity index (χ3n) is 3.74. The van der Waals surface area contributed by atoms with Gasteiger partial charge in [0.15, 0.2) is 0 Å². The van der Waals surface area contributed by atoms with Crippen LogP contribution in [0.25, 0.3) is 6.08 Å². The average Bonchev–Trinajstić information content (AvgIpc) is 2.66. The van der Waals surface area contributed by atoms with Crippen LogP contribution in [0.3, 0.4) is 0 Å². The van der Waals surface area contributed by atoms with Crippen molar-refractivity contribution < 1.29 is 23.8 Å². The maximum Gasteiger partial charge on any atom is 0.246 e. The number of nitrogens with zero attached hydrogens (tertiary/aromatic N) is 2. The van der Waals surface area contributed by atoms with Gasteiger partial charge in [0.05, 0.1) is 26.9 Å². The van der Waals surface area contributed by atoms with Crippen molar-refractivity contribution in [3.8, 4) is 5.75 Å². The highest BCUT2D eigenvalue weighted by atomic mass is 16.5. The molecule has 0 aliphatic carbocycles. The molecule has 0 saturated carbocycles. The van der Waals surface area contributed by atoms with Crippen molar-refractivity contribution in [3.63, 3.8) is 0 Å². The lowest BCUT2D eigenvalue weighted by molar-refractivity contribution is -0.138. The summed E-state index contributed by atoms with van der Waals surface area (Å²) in [5, 5.41) is 0. The van der Waals surface area contributed by atoms with E-state index in [0.717, 1.165) is 11.3 Å². The van der Waals surface area contributed by atoms with Gasteiger partial charge in [-0.2, -0.15) is 0 Å². The van der Waals surface area contributed by atoms with Crippen LogP contribution < -0.4 is 4.74 Å². The van der Waals surface area contributed by atoms with Gasteiger partial charge in [-0.25, -0.2) is 0 Å². The third-order valence-corrected chi connectivity index (χ3v) is 3.74. The zero-order valence-corrected chi connectivity index (χ0v) is 15.9. The molecule has 0 aliphatic rings. The summed E-state index contributed by atoms with van der Waals surface area (Å²) in [5.41, 5.74) is 0.847. The summed E-state index contributed by atoms with van der Waals surface area (Å²) >= 11 is 0. The Hall–Kier alpha value is -2.38. The molecule has 0 saturated heterocycles. The highest BCUT2D eigenvalue weighted by Crippen LogP contribution is 2.13. The van der Waals surface area contributed by atoms with E-state index in [1.165, 1.54) is 11.0 Å². The van der Waals surface area contributed by atoms with E-state index in [9.17, 15) is 9.59 Å². The van der Waals surface area contributed by atoms with Gasteiger partial charge in [0.1, 0.15) is 5.75 Å². The van der Waals surface area contributed by atoms with Crippen molar-refractivity contribution in [3.05, 3.63) is 35.9 Å². The Morgan fingerprint density at radius 2 is 1.73 bits per heavy atom. The van der Waals surface area contributed by atoms with Crippen molar-refractivity contribution >= 4 is 17.9 Å². The number of ether oxygens (including phenoxy) is 3. The first kappa shape index (κ1) is 21.7. The molecule has 1 rings (SSSR count). The number of carbonyl (C=O) groups is 2. The molecule has 0 unspecified atom stereocenters. The summed E-state index contributed by atoms with van der Waals surface area (Å²) in [6.07, 6.45) is 3.14. The summed E-state index contributed by atoms with van der Waals surface area (Å²) in [6, 6.07) is 7.37. The monoisotopic (exact) mass is 364 g/mol. The van der Waals surface area contributed by atoms with E-state index in [1.54, 1.807) is 39.4 Å². The first-order valence-electron chi connectivity index (χ1n) is 8.34. The van der Waals surface area contributed by atoms with Crippen molar-refractivity contribution in [2.24, 2.45) is 0 Å². The van der Waals surface area contributed by atoms with Crippen LogP contribution in [0.4, 0.5) is 0 Å². The lowest BCUT2D eigenvalue weighted by Gasteiger charge is -2.24. The van der Waals surface area contributed by atoms with Crippen LogP contribution in [0.15, 0.2) is 30.3 Å². The standard InChI is InChI=1S/C19H28N2O5/c1-20(15-19(23)21(10-12-24-2)11-13-25-3)18(22)9-8-16-6-5-7-17(14-16)26-4/h5-9,14H,10-13,15H2,1-4H3/b9-8+. The van der Waals surface area contributed by atoms with Gasteiger partial charge in [0.2, 0.25) is 11.8 Å². The number of hydrogen-bond donors (Lipinski definition) is 0. The molecule has 0 heterocycles. The van der Waals surface area contributed by atoms with E-state index >= 15 is 0 Å². The van der Waals surface area contributed by atoms with Crippen LogP contribution in [0, 0.1) is 0 Å². The molecule has 0 fully saturated rings. The number of likely N-dealkylation sites (N-methyl/N-ethyl adjacent to an activating group) is 1. The summed E-state index contributed by atoms with van der Waals surface area (Å²) in [6.45, 7) is 1.78. The molecule has 0 bridgehead atoms. The van der Waals surface area contributed by atoms with Gasteiger partial charge < -0.3 is 24.0 Å². The molecule has 0 radical (unpaired) electrons. The van der Waals surface area contributed by atoms with E-state index < -0.39 is 0 Å². The Morgan fingerprint density at radius 1 is 1.08 bits per heavy atom. The fourth-order valence-corrected chi connectivity index (χ4v) is 2.18. The minimum Gasteiger partial charge on any atom is -0.497 e. The topological polar surface area (TPSA) is 68.3 Å². The molecule has 2 amide bonds. The van der Waals surface area contributed by atoms with Crippen molar-refractivity contribution in [2.75, 3.05) is 61.2 Å². The SMILES string of the molecule is COCCN(CCOC)C(=O)CN(C)C(=O)/C=C/c1cccc(OC)c1. The molecular weight excluding hydrogens is 336 g/mol. The molecule has 0 aliphatic heterocycles. The predicted octanol–water partition coefficient (Wildman–Crippen LogP) is 1.29. The molecule has 7 heteroatoms. The molecule has 1 aromatic rings. The highest BCUT2D eigenvalue weighted by molar-refractivity contribution is 5.94. The maximum absolute atomic E-state index is 12.4. The molecule has 0 atom stereocenters. The van der Waals surface area contributed by atoms with Crippen molar-refractivity contribution in [2.45, 2.75) is 0 Å². The van der Waals surface area contributed by atoms with Crippen LogP contribution in [-0.2, 0) is 19.1 Å². The Morgan fingerprint density at radius 3 is 2.31 bits per heavy atom. The second-order valence-electron chi connectivity index (χ2n) is 5.67. The zero-order chi connectivity index (χ0) is 19.4. The third kappa shape index (κ3) is 7.67. The first-order chi connectivity index (χ1) is 12.5. The minimum atomic E-state index is -0.250. The van der Waals surface area contributed by atoms with Gasteiger partial charge in [-0.15, -0.1) is 0 Å². The summed E-state index contributed by atoms with van der Waals surface area (Å²) in [4.78, 5) is 27.7. The predicted molar refractivity (Wildman–Crippen MR) is 100.0 cm³/mol. The lowest BCUT2D eigenvalue weighted by atomic mass is 10.2. The minimum absolute atomic E-state index is 0.00525. The van der Waals surface area contributed by atoms with Crippen molar-refractivity contribution in [1.29, 1.82) is 0 Å². The summed E-state index contributed by atoms with van der Waals surface area (Å²) in [5.74, 6) is 0.319. The van der Waals surface area contributed by atoms with Gasteiger partial charge in [0, 0.05) is 40.4 Å². The molecule has 26 heavy (non-hydrogen) atoms. The van der Waals surface area contributed by atoms with Gasteiger partial charge in [0.25, 0.3) is 0 Å². The number of benzene rings is 1. The van der Waals surface area contributed by atoms with Gasteiger partial charge in [-0.05, 0) is 23.8 Å². The summed E-state index contributed by atoms with van der Waals surface area (Å²) < 4.78 is 15.2. The molecule has 0 spiro atoms. The Kier molecular flexibility index (Phi) is 10.0. The second-order valence-corrected chi connectivity index (χ2v) is 5.67. The molecular formula is C19H28N2O5. The van der Waals surface area contributed by atoms with E-state index in [-0.39, 0.29) is 18.4 Å². The normalized spacial score (nSPS) is 10.8. The lowest BCUT2D eigenvalue weighted by Crippen LogP contribution is -2.43. The van der Waals surface area contributed by atoms with E-state index in [0.29, 0.717) is 26.3 Å². The number of amides is 2. The largest absolute Gasteiger partial charge is 0.497 e. The fourth-order valence-electron chi connectivity index (χ4n) is 2.18. The van der Waals surface area contributed by atoms with E-state index in [2.05, 4.69) is 0 Å². The first-order valence-corrected chi connectivity index (χ1v) is 8.34. The highest BCUT2D eigenvalue weighted by Gasteiger charge is 2.17. The van der Waals surface area contributed by atoms with Crippen LogP contribution in [-0.4, -0.2) is 82.8 Å². The van der Waals surface area contributed by atoms with Crippen LogP contribution in [0.2, 0.25) is 0 Å². The fraction of sp³-hybridized carbons (Fsp3) is 0.474. The van der Waals surface area contributed by atoms with Gasteiger partial charge in [-0.3, -0.25) is 9.59 Å². The molecule has 7 nitrogen and oxygen atoms in total. The van der Waals surface area contributed by atoms with Crippen molar-refractivity contribution in [1.82, 2.24) is 9.80 Å². The second kappa shape index (κ2) is 12.1. The number of carbonyl (C=O) groups excluding carboxylic acids is 2. The average molecular weight is 364 g/mol. The molecule has 0 N–H and O–H groups in total. The molecule has 0 aromatic heterocycles. The molecule has 1 aromatic carbocycles. The summed E-state index contributed by atoms with van der Waals surface area (Å²) in [7, 11) is 6.35. The van der Waals surface area contributed by atoms with Gasteiger partial charge in [-0.1, -0.05) is 12.1 Å². The Balaban J connectivity index is 2.62. The van der Waals surface area contributed by atoms with E-state index in [4.69, 9.17) is 14.2 Å². The Labute approximate surface area is 155 Å². The van der Waals surface area contributed by atoms with E-state index in [1.807, 2.05) is 24.3 Å². The number of rotatable bonds is 11. The number of hydrogen-bond acceptors (Lipinski definition) is 5. The van der Waals surface area contributed by atoms with Crippen LogP contribution in [0.1, 0.15) is 5.56 Å². The van der Waals surface area contributed by atoms with Gasteiger partial charge >= 0.3 is 0 Å². The van der Waals surface area contributed by atoms with Crippen LogP contribution in [0.5, 0.6) is 5.75 Å². The zero-order valence-electron chi connectivity index (χ0n) is 15.9. The maximum atomic E-state index is 12.4. The van der Waals surface area contributed by atoms with Crippen LogP contribution >= 0.6 is 0 Å². The smallest absolute Gasteiger partial charge is 0.246 e.